The predicted octanol–water partition coefficient (Wildman–Crippen LogP) is 3.97. The third-order valence-corrected chi connectivity index (χ3v) is 4.08. The Kier molecular flexibility index (Phi) is 3.55. The van der Waals surface area contributed by atoms with Crippen LogP contribution in [0, 0.1) is 5.82 Å². The van der Waals surface area contributed by atoms with Gasteiger partial charge in [0.1, 0.15) is 5.82 Å². The quantitative estimate of drug-likeness (QED) is 0.752. The molecule has 1 amide bonds. The Morgan fingerprint density at radius 2 is 1.95 bits per heavy atom. The molecule has 2 aromatic rings. The molecule has 21 heavy (non-hydrogen) atoms. The van der Waals surface area contributed by atoms with Gasteiger partial charge in [0.15, 0.2) is 0 Å². The van der Waals surface area contributed by atoms with Crippen molar-refractivity contribution in [2.45, 2.75) is 6.54 Å². The van der Waals surface area contributed by atoms with Crippen LogP contribution in [0.2, 0.25) is 5.02 Å². The molecule has 106 valence electrons. The third kappa shape index (κ3) is 2.36. The van der Waals surface area contributed by atoms with Crippen LogP contribution in [-0.4, -0.2) is 11.7 Å². The molecule has 0 bridgehead atoms. The zero-order valence-electron chi connectivity index (χ0n) is 10.6. The SMILES string of the molecule is O=C1C(=O)N(Cc2cccc(Cl)c2F)c2ccc(Br)cc21. The first-order valence-electron chi connectivity index (χ1n) is 6.07. The monoisotopic (exact) mass is 367 g/mol. The van der Waals surface area contributed by atoms with Crippen molar-refractivity contribution in [2.24, 2.45) is 0 Å². The van der Waals surface area contributed by atoms with E-state index < -0.39 is 17.5 Å². The second kappa shape index (κ2) is 5.24. The summed E-state index contributed by atoms with van der Waals surface area (Å²) < 4.78 is 14.7. The lowest BCUT2D eigenvalue weighted by Crippen LogP contribution is -2.29. The van der Waals surface area contributed by atoms with Crippen LogP contribution in [0.1, 0.15) is 15.9 Å². The Bertz CT molecular complexity index is 778. The highest BCUT2D eigenvalue weighted by Crippen LogP contribution is 2.33. The summed E-state index contributed by atoms with van der Waals surface area (Å²) in [7, 11) is 0. The van der Waals surface area contributed by atoms with Gasteiger partial charge in [-0.15, -0.1) is 0 Å². The maximum absolute atomic E-state index is 14.0. The maximum Gasteiger partial charge on any atom is 0.299 e. The van der Waals surface area contributed by atoms with E-state index in [0.717, 1.165) is 0 Å². The van der Waals surface area contributed by atoms with E-state index >= 15 is 0 Å². The second-order valence-corrected chi connectivity index (χ2v) is 5.92. The molecule has 6 heteroatoms. The fourth-order valence-corrected chi connectivity index (χ4v) is 2.83. The van der Waals surface area contributed by atoms with E-state index in [4.69, 9.17) is 11.6 Å². The number of anilines is 1. The molecule has 0 fully saturated rings. The smallest absolute Gasteiger partial charge is 0.299 e. The number of carbonyl (C=O) groups is 2. The standard InChI is InChI=1S/C15H8BrClFNO2/c16-9-4-5-12-10(6-9)14(20)15(21)19(12)7-8-2-1-3-11(17)13(8)18/h1-6H,7H2. The van der Waals surface area contributed by atoms with Crippen LogP contribution >= 0.6 is 27.5 Å². The Hall–Kier alpha value is -1.72. The van der Waals surface area contributed by atoms with Crippen LogP contribution in [-0.2, 0) is 11.3 Å². The molecule has 0 N–H and O–H groups in total. The molecule has 0 saturated heterocycles. The first-order valence-corrected chi connectivity index (χ1v) is 7.25. The van der Waals surface area contributed by atoms with E-state index in [-0.39, 0.29) is 17.1 Å². The van der Waals surface area contributed by atoms with E-state index in [1.165, 1.54) is 17.0 Å². The second-order valence-electron chi connectivity index (χ2n) is 4.59. The number of hydrogen-bond donors (Lipinski definition) is 0. The molecule has 1 aliphatic rings. The van der Waals surface area contributed by atoms with Gasteiger partial charge in [0.2, 0.25) is 0 Å². The molecule has 1 aliphatic heterocycles. The molecule has 0 saturated carbocycles. The number of ketones is 1. The minimum absolute atomic E-state index is 0.0125. The first-order chi connectivity index (χ1) is 9.99. The Morgan fingerprint density at radius 1 is 1.19 bits per heavy atom. The van der Waals surface area contributed by atoms with Crippen LogP contribution in [0.5, 0.6) is 0 Å². The Balaban J connectivity index is 2.03. The zero-order valence-corrected chi connectivity index (χ0v) is 12.9. The normalized spacial score (nSPS) is 13.8. The summed E-state index contributed by atoms with van der Waals surface area (Å²) in [4.78, 5) is 25.3. The topological polar surface area (TPSA) is 37.4 Å². The molecular weight excluding hydrogens is 361 g/mol. The fourth-order valence-electron chi connectivity index (χ4n) is 2.27. The average Bonchev–Trinajstić information content (AvgIpc) is 2.69. The number of halogens is 3. The van der Waals surface area contributed by atoms with Crippen LogP contribution in [0.15, 0.2) is 40.9 Å². The summed E-state index contributed by atoms with van der Waals surface area (Å²) in [6, 6.07) is 9.55. The number of hydrogen-bond acceptors (Lipinski definition) is 2. The predicted molar refractivity (Wildman–Crippen MR) is 81.1 cm³/mol. The van der Waals surface area contributed by atoms with Crippen molar-refractivity contribution in [3.8, 4) is 0 Å². The summed E-state index contributed by atoms with van der Waals surface area (Å²) in [5, 5.41) is -0.0125. The lowest BCUT2D eigenvalue weighted by atomic mass is 10.1. The first kappa shape index (κ1) is 14.2. The zero-order chi connectivity index (χ0) is 15.1. The van der Waals surface area contributed by atoms with Gasteiger partial charge in [-0.05, 0) is 24.3 Å². The van der Waals surface area contributed by atoms with Crippen LogP contribution in [0.3, 0.4) is 0 Å². The van der Waals surface area contributed by atoms with E-state index in [9.17, 15) is 14.0 Å². The number of fused-ring (bicyclic) bond motifs is 1. The third-order valence-electron chi connectivity index (χ3n) is 3.29. The van der Waals surface area contributed by atoms with E-state index in [0.29, 0.717) is 15.7 Å². The summed E-state index contributed by atoms with van der Waals surface area (Å²) in [6.45, 7) is -0.0361. The molecule has 0 aliphatic carbocycles. The minimum Gasteiger partial charge on any atom is -0.300 e. The highest BCUT2D eigenvalue weighted by molar-refractivity contribution is 9.10. The van der Waals surface area contributed by atoms with E-state index in [1.807, 2.05) is 0 Å². The fraction of sp³-hybridized carbons (Fsp3) is 0.0667. The number of nitrogens with zero attached hydrogens (tertiary/aromatic N) is 1. The van der Waals surface area contributed by atoms with Gasteiger partial charge in [0.25, 0.3) is 11.7 Å². The summed E-state index contributed by atoms with van der Waals surface area (Å²) in [6.07, 6.45) is 0. The number of amides is 1. The Morgan fingerprint density at radius 3 is 2.71 bits per heavy atom. The van der Waals surface area contributed by atoms with E-state index in [2.05, 4.69) is 15.9 Å². The van der Waals surface area contributed by atoms with Gasteiger partial charge in [-0.2, -0.15) is 0 Å². The van der Waals surface area contributed by atoms with Gasteiger partial charge in [0, 0.05) is 10.0 Å². The average molecular weight is 369 g/mol. The van der Waals surface area contributed by atoms with Crippen molar-refractivity contribution in [3.63, 3.8) is 0 Å². The van der Waals surface area contributed by atoms with Crippen molar-refractivity contribution in [3.05, 3.63) is 62.8 Å². The summed E-state index contributed by atoms with van der Waals surface area (Å²) in [5.41, 5.74) is 1.06. The van der Waals surface area contributed by atoms with Crippen LogP contribution in [0.4, 0.5) is 10.1 Å². The molecule has 0 spiro atoms. The van der Waals surface area contributed by atoms with Crippen molar-refractivity contribution >= 4 is 44.9 Å². The summed E-state index contributed by atoms with van der Waals surface area (Å²) in [5.74, 6) is -1.83. The number of Topliss-reactive ketones (excluding diaryl/α,β-unsaturated/α-hetero) is 1. The molecule has 0 atom stereocenters. The molecule has 0 radical (unpaired) electrons. The van der Waals surface area contributed by atoms with Crippen molar-refractivity contribution in [1.29, 1.82) is 0 Å². The van der Waals surface area contributed by atoms with Crippen LogP contribution in [0.25, 0.3) is 0 Å². The van der Waals surface area contributed by atoms with Crippen molar-refractivity contribution < 1.29 is 14.0 Å². The number of carbonyl (C=O) groups excluding carboxylic acids is 2. The largest absolute Gasteiger partial charge is 0.300 e. The number of rotatable bonds is 2. The highest BCUT2D eigenvalue weighted by atomic mass is 79.9. The lowest BCUT2D eigenvalue weighted by Gasteiger charge is -2.17. The Labute approximate surface area is 133 Å². The van der Waals surface area contributed by atoms with Gasteiger partial charge in [0.05, 0.1) is 22.8 Å². The minimum atomic E-state index is -0.664. The molecule has 2 aromatic carbocycles. The molecular formula is C15H8BrClFNO2. The molecule has 3 rings (SSSR count). The van der Waals surface area contributed by atoms with E-state index in [1.54, 1.807) is 24.3 Å². The highest BCUT2D eigenvalue weighted by Gasteiger charge is 2.36. The van der Waals surface area contributed by atoms with Gasteiger partial charge in [-0.25, -0.2) is 4.39 Å². The molecule has 0 aromatic heterocycles. The van der Waals surface area contributed by atoms with Gasteiger partial charge in [-0.1, -0.05) is 39.7 Å². The lowest BCUT2D eigenvalue weighted by molar-refractivity contribution is -0.114. The molecule has 1 heterocycles. The van der Waals surface area contributed by atoms with Gasteiger partial charge in [-0.3, -0.25) is 9.59 Å². The summed E-state index contributed by atoms with van der Waals surface area (Å²) >= 11 is 8.99. The maximum atomic E-state index is 14.0. The molecule has 3 nitrogen and oxygen atoms in total. The van der Waals surface area contributed by atoms with Crippen molar-refractivity contribution in [2.75, 3.05) is 4.90 Å². The van der Waals surface area contributed by atoms with Crippen LogP contribution < -0.4 is 4.90 Å². The van der Waals surface area contributed by atoms with Crippen molar-refractivity contribution in [1.82, 2.24) is 0 Å². The number of benzene rings is 2. The van der Waals surface area contributed by atoms with Gasteiger partial charge >= 0.3 is 0 Å². The molecule has 0 unspecified atom stereocenters. The van der Waals surface area contributed by atoms with Gasteiger partial charge < -0.3 is 4.90 Å².